The molecule has 5 rings (SSSR count). The lowest BCUT2D eigenvalue weighted by Crippen LogP contribution is -2.46. The predicted molar refractivity (Wildman–Crippen MR) is 121 cm³/mol. The second-order valence-corrected chi connectivity index (χ2v) is 8.66. The van der Waals surface area contributed by atoms with E-state index in [0.717, 1.165) is 11.3 Å². The van der Waals surface area contributed by atoms with Crippen LogP contribution in [0.5, 0.6) is 0 Å². The Morgan fingerprint density at radius 3 is 2.48 bits per heavy atom. The molecule has 6 nitrogen and oxygen atoms in total. The summed E-state index contributed by atoms with van der Waals surface area (Å²) in [6.07, 6.45) is 0. The minimum absolute atomic E-state index is 0.181. The van der Waals surface area contributed by atoms with Crippen LogP contribution in [0.2, 0.25) is 0 Å². The molecule has 0 unspecified atom stereocenters. The molecule has 0 amide bonds. The number of fused-ring (bicyclic) bond motifs is 4. The molecule has 2 aromatic carbocycles. The van der Waals surface area contributed by atoms with Crippen LogP contribution in [0, 0.1) is 17.7 Å². The molecule has 3 heterocycles. The van der Waals surface area contributed by atoms with Crippen LogP contribution in [0.25, 0.3) is 11.1 Å². The maximum Gasteiger partial charge on any atom is 0.311 e. The minimum atomic E-state index is -0.585. The second kappa shape index (κ2) is 8.57. The molecule has 1 saturated heterocycles. The maximum atomic E-state index is 13.5. The first kappa shape index (κ1) is 21.6. The number of hydrogen-bond donors (Lipinski definition) is 1. The minimum Gasteiger partial charge on any atom is -0.469 e. The number of methoxy groups -OCH3 is 1. The van der Waals surface area contributed by atoms with Crippen molar-refractivity contribution in [3.63, 3.8) is 0 Å². The van der Waals surface area contributed by atoms with Gasteiger partial charge in [-0.2, -0.15) is 0 Å². The summed E-state index contributed by atoms with van der Waals surface area (Å²) in [6.45, 7) is 0.763. The number of aliphatic hydroxyl groups is 1. The number of carbonyl (C=O) groups is 1. The molecule has 2 aliphatic heterocycles. The first-order chi connectivity index (χ1) is 16.0. The molecule has 33 heavy (non-hydrogen) atoms. The van der Waals surface area contributed by atoms with Crippen molar-refractivity contribution in [2.75, 3.05) is 13.7 Å². The highest BCUT2D eigenvalue weighted by Crippen LogP contribution is 2.49. The summed E-state index contributed by atoms with van der Waals surface area (Å²) in [5.41, 5.74) is 2.75. The van der Waals surface area contributed by atoms with E-state index in [1.807, 2.05) is 36.4 Å². The van der Waals surface area contributed by atoms with Crippen LogP contribution in [0.1, 0.15) is 17.3 Å². The molecule has 0 spiro atoms. The van der Waals surface area contributed by atoms with Crippen LogP contribution in [0.3, 0.4) is 0 Å². The van der Waals surface area contributed by atoms with E-state index >= 15 is 0 Å². The molecule has 2 bridgehead atoms. The van der Waals surface area contributed by atoms with Crippen molar-refractivity contribution >= 4 is 5.97 Å². The van der Waals surface area contributed by atoms with Gasteiger partial charge in [-0.3, -0.25) is 14.5 Å². The average molecular weight is 448 g/mol. The molecular weight excluding hydrogens is 423 g/mol. The predicted octanol–water partition coefficient (Wildman–Crippen LogP) is 2.99. The van der Waals surface area contributed by atoms with E-state index in [-0.39, 0.29) is 35.9 Å². The summed E-state index contributed by atoms with van der Waals surface area (Å²) in [7, 11) is 1.35. The number of ether oxygens (including phenoxy) is 1. The standard InChI is InChI=1S/C26H25FN2O4/c1-33-26(32)23-20(15-30)22-14-29-21(24(23)28(22)13-16-5-3-2-4-6-16)12-11-19(25(29)31)17-7-9-18(27)10-8-17/h2-12,20,22-24,30H,13-15H2,1H3/t20-,22-,23+,24+/m1/s1. The highest BCUT2D eigenvalue weighted by molar-refractivity contribution is 5.75. The van der Waals surface area contributed by atoms with Gasteiger partial charge in [-0.05, 0) is 35.4 Å². The van der Waals surface area contributed by atoms with Crippen molar-refractivity contribution in [3.8, 4) is 11.1 Å². The number of aliphatic hydroxyl groups excluding tert-OH is 1. The zero-order valence-electron chi connectivity index (χ0n) is 18.2. The van der Waals surface area contributed by atoms with Crippen LogP contribution >= 0.6 is 0 Å². The molecular formula is C26H25FN2O4. The van der Waals surface area contributed by atoms with Gasteiger partial charge < -0.3 is 14.4 Å². The number of carbonyl (C=O) groups excluding carboxylic acids is 1. The van der Waals surface area contributed by atoms with E-state index in [1.165, 1.54) is 19.2 Å². The highest BCUT2D eigenvalue weighted by Gasteiger charge is 2.56. The third kappa shape index (κ3) is 3.57. The average Bonchev–Trinajstić information content (AvgIpc) is 3.04. The zero-order valence-corrected chi connectivity index (χ0v) is 18.2. The fourth-order valence-corrected chi connectivity index (χ4v) is 5.49. The number of hydrogen-bond acceptors (Lipinski definition) is 5. The number of pyridine rings is 1. The van der Waals surface area contributed by atoms with E-state index in [0.29, 0.717) is 24.2 Å². The molecule has 2 aliphatic rings. The fourth-order valence-electron chi connectivity index (χ4n) is 5.49. The Hall–Kier alpha value is -3.29. The summed E-state index contributed by atoms with van der Waals surface area (Å²) in [5.74, 6) is -1.69. The highest BCUT2D eigenvalue weighted by atomic mass is 19.1. The normalized spacial score (nSPS) is 23.8. The van der Waals surface area contributed by atoms with E-state index in [2.05, 4.69) is 4.90 Å². The summed E-state index contributed by atoms with van der Waals surface area (Å²) < 4.78 is 20.2. The Morgan fingerprint density at radius 2 is 1.82 bits per heavy atom. The number of halogens is 1. The first-order valence-electron chi connectivity index (χ1n) is 11.0. The Kier molecular flexibility index (Phi) is 5.60. The van der Waals surface area contributed by atoms with Crippen molar-refractivity contribution in [1.82, 2.24) is 9.47 Å². The number of esters is 1. The van der Waals surface area contributed by atoms with Crippen LogP contribution in [-0.4, -0.2) is 40.3 Å². The van der Waals surface area contributed by atoms with Crippen LogP contribution in [0.15, 0.2) is 71.5 Å². The van der Waals surface area contributed by atoms with Gasteiger partial charge in [-0.25, -0.2) is 4.39 Å². The Morgan fingerprint density at radius 1 is 1.09 bits per heavy atom. The van der Waals surface area contributed by atoms with Crippen molar-refractivity contribution in [3.05, 3.63) is 94.2 Å². The number of rotatable bonds is 5. The SMILES string of the molecule is COC(=O)[C@H]1[C@H](CO)[C@H]2Cn3c(ccc(-c4ccc(F)cc4)c3=O)[C@@H]1N2Cc1ccccc1. The van der Waals surface area contributed by atoms with E-state index in [4.69, 9.17) is 4.74 Å². The van der Waals surface area contributed by atoms with Crippen LogP contribution < -0.4 is 5.56 Å². The van der Waals surface area contributed by atoms with Gasteiger partial charge in [0.15, 0.2) is 0 Å². The topological polar surface area (TPSA) is 71.8 Å². The summed E-state index contributed by atoms with van der Waals surface area (Å²) in [4.78, 5) is 28.6. The second-order valence-electron chi connectivity index (χ2n) is 8.66. The molecule has 1 aromatic heterocycles. The largest absolute Gasteiger partial charge is 0.469 e. The van der Waals surface area contributed by atoms with E-state index in [9.17, 15) is 19.1 Å². The van der Waals surface area contributed by atoms with Gasteiger partial charge in [0.2, 0.25) is 0 Å². The molecule has 1 N–H and O–H groups in total. The smallest absolute Gasteiger partial charge is 0.311 e. The van der Waals surface area contributed by atoms with Crippen molar-refractivity contribution in [1.29, 1.82) is 0 Å². The molecule has 7 heteroatoms. The molecule has 0 radical (unpaired) electrons. The summed E-state index contributed by atoms with van der Waals surface area (Å²) in [6, 6.07) is 18.8. The van der Waals surface area contributed by atoms with E-state index in [1.54, 1.807) is 22.8 Å². The van der Waals surface area contributed by atoms with Gasteiger partial charge in [-0.1, -0.05) is 42.5 Å². The molecule has 4 atom stereocenters. The quantitative estimate of drug-likeness (QED) is 0.608. The molecule has 170 valence electrons. The Bertz CT molecular complexity index is 1230. The van der Waals surface area contributed by atoms with Gasteiger partial charge >= 0.3 is 5.97 Å². The maximum absolute atomic E-state index is 13.5. The van der Waals surface area contributed by atoms with Gasteiger partial charge in [0.1, 0.15) is 5.82 Å². The zero-order chi connectivity index (χ0) is 23.1. The van der Waals surface area contributed by atoms with Crippen LogP contribution in [0.4, 0.5) is 4.39 Å². The molecule has 0 aliphatic carbocycles. The van der Waals surface area contributed by atoms with Crippen molar-refractivity contribution in [2.24, 2.45) is 11.8 Å². The summed E-state index contributed by atoms with van der Waals surface area (Å²) >= 11 is 0. The van der Waals surface area contributed by atoms with Gasteiger partial charge in [0.05, 0.1) is 19.1 Å². The molecule has 1 fully saturated rings. The lowest BCUT2D eigenvalue weighted by molar-refractivity contribution is -0.148. The van der Waals surface area contributed by atoms with Gasteiger partial charge in [-0.15, -0.1) is 0 Å². The third-order valence-corrected chi connectivity index (χ3v) is 7.01. The fraction of sp³-hybridized carbons (Fsp3) is 0.308. The van der Waals surface area contributed by atoms with Crippen molar-refractivity contribution < 1.29 is 19.0 Å². The van der Waals surface area contributed by atoms with Crippen LogP contribution in [-0.2, 0) is 22.6 Å². The first-order valence-corrected chi connectivity index (χ1v) is 11.0. The molecule has 3 aromatic rings. The summed E-state index contributed by atoms with van der Waals surface area (Å²) in [5, 5.41) is 10.3. The Balaban J connectivity index is 1.63. The molecule has 0 saturated carbocycles. The van der Waals surface area contributed by atoms with Gasteiger partial charge in [0.25, 0.3) is 5.56 Å². The number of nitrogens with zero attached hydrogens (tertiary/aromatic N) is 2. The monoisotopic (exact) mass is 448 g/mol. The van der Waals surface area contributed by atoms with E-state index < -0.39 is 12.0 Å². The lowest BCUT2D eigenvalue weighted by Gasteiger charge is -2.38. The lowest BCUT2D eigenvalue weighted by atomic mass is 9.87. The Labute approximate surface area is 190 Å². The number of aromatic nitrogens is 1. The van der Waals surface area contributed by atoms with Gasteiger partial charge in [0, 0.05) is 42.9 Å². The third-order valence-electron chi connectivity index (χ3n) is 7.01. The number of benzene rings is 2. The van der Waals surface area contributed by atoms with Crippen molar-refractivity contribution in [2.45, 2.75) is 25.2 Å².